The van der Waals surface area contributed by atoms with E-state index in [9.17, 15) is 9.90 Å². The standard InChI is InChI=1S/C14H17N9O2/c24-10-3-21(11(25)5-23-9-15-6-20-23)1-2-22(4-10)14-12-13(17-7-16-12)18-8-19-14/h6-10,24H,1-5H2,(H,16,17,18,19)/t10-/m1/s1. The average Bonchev–Trinajstić information content (AvgIpc) is 3.24. The number of aromatic nitrogens is 7. The molecule has 1 aliphatic heterocycles. The molecule has 0 aromatic carbocycles. The maximum absolute atomic E-state index is 12.4. The zero-order chi connectivity index (χ0) is 17.2. The Morgan fingerprint density at radius 2 is 2.16 bits per heavy atom. The smallest absolute Gasteiger partial charge is 0.244 e. The minimum Gasteiger partial charge on any atom is -0.389 e. The molecule has 4 rings (SSSR count). The lowest BCUT2D eigenvalue weighted by molar-refractivity contribution is -0.132. The molecule has 1 amide bonds. The fourth-order valence-electron chi connectivity index (χ4n) is 2.95. The molecule has 1 atom stereocenters. The van der Waals surface area contributed by atoms with Gasteiger partial charge >= 0.3 is 0 Å². The van der Waals surface area contributed by atoms with E-state index in [1.807, 2.05) is 4.90 Å². The summed E-state index contributed by atoms with van der Waals surface area (Å²) in [5, 5.41) is 14.3. The summed E-state index contributed by atoms with van der Waals surface area (Å²) in [6.07, 6.45) is 5.20. The number of imidazole rings is 1. The van der Waals surface area contributed by atoms with E-state index in [0.29, 0.717) is 31.1 Å². The van der Waals surface area contributed by atoms with Crippen molar-refractivity contribution in [2.24, 2.45) is 0 Å². The predicted molar refractivity (Wildman–Crippen MR) is 86.5 cm³/mol. The average molecular weight is 343 g/mol. The van der Waals surface area contributed by atoms with Gasteiger partial charge in [-0.25, -0.2) is 24.6 Å². The molecule has 2 N–H and O–H groups in total. The maximum atomic E-state index is 12.4. The largest absolute Gasteiger partial charge is 0.389 e. The summed E-state index contributed by atoms with van der Waals surface area (Å²) in [6.45, 7) is 1.76. The number of aliphatic hydroxyl groups excluding tert-OH is 1. The monoisotopic (exact) mass is 343 g/mol. The zero-order valence-corrected chi connectivity index (χ0v) is 13.4. The van der Waals surface area contributed by atoms with E-state index in [2.05, 4.69) is 30.0 Å². The van der Waals surface area contributed by atoms with Gasteiger partial charge in [-0.1, -0.05) is 0 Å². The molecule has 0 saturated carbocycles. The van der Waals surface area contributed by atoms with Crippen molar-refractivity contribution in [2.45, 2.75) is 12.6 Å². The van der Waals surface area contributed by atoms with Gasteiger partial charge in [0.25, 0.3) is 0 Å². The summed E-state index contributed by atoms with van der Waals surface area (Å²) in [6, 6.07) is 0. The normalized spacial score (nSPS) is 18.5. The molecule has 25 heavy (non-hydrogen) atoms. The number of carbonyl (C=O) groups is 1. The fraction of sp³-hybridized carbons (Fsp3) is 0.429. The minimum atomic E-state index is -0.685. The van der Waals surface area contributed by atoms with Gasteiger partial charge in [0.15, 0.2) is 11.5 Å². The number of H-pyrrole nitrogens is 1. The van der Waals surface area contributed by atoms with E-state index < -0.39 is 6.10 Å². The van der Waals surface area contributed by atoms with Crippen molar-refractivity contribution in [3.8, 4) is 0 Å². The third kappa shape index (κ3) is 3.13. The molecule has 11 heteroatoms. The van der Waals surface area contributed by atoms with Crippen LogP contribution in [0, 0.1) is 0 Å². The van der Waals surface area contributed by atoms with Crippen molar-refractivity contribution in [2.75, 3.05) is 31.1 Å². The molecule has 0 unspecified atom stereocenters. The first-order valence-corrected chi connectivity index (χ1v) is 7.88. The van der Waals surface area contributed by atoms with Crippen LogP contribution in [0.2, 0.25) is 0 Å². The number of β-amino-alcohol motifs (C(OH)–C–C–N with tert-alkyl or cyclic N) is 1. The highest BCUT2D eigenvalue weighted by Crippen LogP contribution is 2.21. The Balaban J connectivity index is 1.51. The number of amides is 1. The number of rotatable bonds is 3. The Bertz CT molecular complexity index is 862. The molecule has 1 aliphatic rings. The first-order valence-electron chi connectivity index (χ1n) is 7.88. The van der Waals surface area contributed by atoms with Crippen LogP contribution in [0.15, 0.2) is 25.3 Å². The van der Waals surface area contributed by atoms with Gasteiger partial charge < -0.3 is 19.9 Å². The summed E-state index contributed by atoms with van der Waals surface area (Å²) in [5.41, 5.74) is 1.29. The summed E-state index contributed by atoms with van der Waals surface area (Å²) >= 11 is 0. The van der Waals surface area contributed by atoms with Gasteiger partial charge in [-0.2, -0.15) is 5.10 Å². The Morgan fingerprint density at radius 3 is 3.00 bits per heavy atom. The molecule has 1 saturated heterocycles. The van der Waals surface area contributed by atoms with Gasteiger partial charge in [0.2, 0.25) is 5.91 Å². The molecular weight excluding hydrogens is 326 g/mol. The first kappa shape index (κ1) is 15.4. The van der Waals surface area contributed by atoms with Crippen molar-refractivity contribution in [1.29, 1.82) is 0 Å². The number of aliphatic hydroxyl groups is 1. The lowest BCUT2D eigenvalue weighted by atomic mass is 10.3. The van der Waals surface area contributed by atoms with E-state index in [4.69, 9.17) is 0 Å². The second-order valence-corrected chi connectivity index (χ2v) is 5.83. The summed E-state index contributed by atoms with van der Waals surface area (Å²) in [4.78, 5) is 35.4. The quantitative estimate of drug-likeness (QED) is 0.597. The van der Waals surface area contributed by atoms with Crippen LogP contribution in [-0.2, 0) is 11.3 Å². The highest BCUT2D eigenvalue weighted by molar-refractivity contribution is 5.82. The van der Waals surface area contributed by atoms with Crippen LogP contribution in [0.1, 0.15) is 0 Å². The summed E-state index contributed by atoms with van der Waals surface area (Å²) < 4.78 is 1.47. The highest BCUT2D eigenvalue weighted by Gasteiger charge is 2.26. The lowest BCUT2D eigenvalue weighted by Gasteiger charge is -2.22. The molecule has 0 aliphatic carbocycles. The number of anilines is 1. The SMILES string of the molecule is O=C(Cn1cncn1)N1CCN(c2ncnc3nc[nH]c23)C[C@H](O)C1. The number of aromatic amines is 1. The molecule has 3 aromatic heterocycles. The van der Waals surface area contributed by atoms with E-state index in [-0.39, 0.29) is 19.0 Å². The summed E-state index contributed by atoms with van der Waals surface area (Å²) in [5.74, 6) is 0.563. The van der Waals surface area contributed by atoms with Crippen molar-refractivity contribution in [3.63, 3.8) is 0 Å². The molecule has 130 valence electrons. The van der Waals surface area contributed by atoms with E-state index in [1.165, 1.54) is 23.7 Å². The van der Waals surface area contributed by atoms with Crippen molar-refractivity contribution in [3.05, 3.63) is 25.3 Å². The van der Waals surface area contributed by atoms with Crippen LogP contribution in [0.5, 0.6) is 0 Å². The van der Waals surface area contributed by atoms with Gasteiger partial charge in [0.1, 0.15) is 31.0 Å². The minimum absolute atomic E-state index is 0.102. The van der Waals surface area contributed by atoms with Gasteiger partial charge in [-0.05, 0) is 0 Å². The topological polar surface area (TPSA) is 129 Å². The molecule has 11 nitrogen and oxygen atoms in total. The van der Waals surface area contributed by atoms with Crippen molar-refractivity contribution in [1.82, 2.24) is 39.6 Å². The Morgan fingerprint density at radius 1 is 1.24 bits per heavy atom. The zero-order valence-electron chi connectivity index (χ0n) is 13.4. The van der Waals surface area contributed by atoms with E-state index in [1.54, 1.807) is 11.2 Å². The van der Waals surface area contributed by atoms with Crippen LogP contribution in [0.4, 0.5) is 5.82 Å². The van der Waals surface area contributed by atoms with Crippen molar-refractivity contribution >= 4 is 22.9 Å². The number of nitrogens with one attached hydrogen (secondary N) is 1. The molecule has 0 bridgehead atoms. The first-order chi connectivity index (χ1) is 12.2. The number of hydrogen-bond acceptors (Lipinski definition) is 8. The van der Waals surface area contributed by atoms with Crippen LogP contribution < -0.4 is 4.90 Å². The molecule has 3 aromatic rings. The fourth-order valence-corrected chi connectivity index (χ4v) is 2.95. The second kappa shape index (κ2) is 6.43. The second-order valence-electron chi connectivity index (χ2n) is 5.83. The number of carbonyl (C=O) groups excluding carboxylic acids is 1. The third-order valence-corrected chi connectivity index (χ3v) is 4.12. The van der Waals surface area contributed by atoms with Gasteiger partial charge in [-0.15, -0.1) is 0 Å². The Kier molecular flexibility index (Phi) is 3.98. The van der Waals surface area contributed by atoms with E-state index in [0.717, 1.165) is 5.52 Å². The highest BCUT2D eigenvalue weighted by atomic mass is 16.3. The third-order valence-electron chi connectivity index (χ3n) is 4.12. The predicted octanol–water partition coefficient (Wildman–Crippen LogP) is -1.35. The molecule has 4 heterocycles. The van der Waals surface area contributed by atoms with Crippen LogP contribution in [0.3, 0.4) is 0 Å². The molecule has 0 radical (unpaired) electrons. The maximum Gasteiger partial charge on any atom is 0.244 e. The number of fused-ring (bicyclic) bond motifs is 1. The van der Waals surface area contributed by atoms with Crippen LogP contribution >= 0.6 is 0 Å². The van der Waals surface area contributed by atoms with E-state index >= 15 is 0 Å². The Hall–Kier alpha value is -3.08. The van der Waals surface area contributed by atoms with Gasteiger partial charge in [0.05, 0.1) is 12.4 Å². The lowest BCUT2D eigenvalue weighted by Crippen LogP contribution is -2.39. The Labute approximate surface area is 142 Å². The summed E-state index contributed by atoms with van der Waals surface area (Å²) in [7, 11) is 0. The number of hydrogen-bond donors (Lipinski definition) is 2. The van der Waals surface area contributed by atoms with Crippen LogP contribution in [0.25, 0.3) is 11.2 Å². The number of nitrogens with zero attached hydrogens (tertiary/aromatic N) is 8. The van der Waals surface area contributed by atoms with Crippen molar-refractivity contribution < 1.29 is 9.90 Å². The molecule has 1 fully saturated rings. The van der Waals surface area contributed by atoms with Gasteiger partial charge in [-0.3, -0.25) is 4.79 Å². The molecular formula is C14H17N9O2. The van der Waals surface area contributed by atoms with Gasteiger partial charge in [0, 0.05) is 26.2 Å². The molecule has 0 spiro atoms. The van der Waals surface area contributed by atoms with Crippen LogP contribution in [-0.4, -0.2) is 82.9 Å².